The van der Waals surface area contributed by atoms with Gasteiger partial charge in [-0.1, -0.05) is 48.0 Å². The van der Waals surface area contributed by atoms with Gasteiger partial charge in [-0.25, -0.2) is 0 Å². The first-order chi connectivity index (χ1) is 12.0. The number of benzene rings is 2. The largest absolute Gasteiger partial charge is 0.482 e. The fourth-order valence-electron chi connectivity index (χ4n) is 2.29. The summed E-state index contributed by atoms with van der Waals surface area (Å²) in [5, 5.41) is 0.449. The van der Waals surface area contributed by atoms with Gasteiger partial charge in [0.25, 0.3) is 5.91 Å². The molecule has 0 aromatic heterocycles. The SMILES string of the molecule is Cc1ccc(Cl)c(OCC(=O)N(CCC(N)=O)Cc2ccccc2)c1. The number of primary amides is 1. The van der Waals surface area contributed by atoms with E-state index in [1.807, 2.05) is 43.3 Å². The average molecular weight is 361 g/mol. The van der Waals surface area contributed by atoms with E-state index in [9.17, 15) is 9.59 Å². The number of nitrogens with zero attached hydrogens (tertiary/aromatic N) is 1. The summed E-state index contributed by atoms with van der Waals surface area (Å²) in [4.78, 5) is 25.2. The fraction of sp³-hybridized carbons (Fsp3) is 0.263. The van der Waals surface area contributed by atoms with Crippen LogP contribution in [0.3, 0.4) is 0 Å². The number of nitrogens with two attached hydrogens (primary N) is 1. The number of rotatable bonds is 8. The second kappa shape index (κ2) is 9.08. The van der Waals surface area contributed by atoms with Crippen LogP contribution in [0.15, 0.2) is 48.5 Å². The van der Waals surface area contributed by atoms with Crippen molar-refractivity contribution >= 4 is 23.4 Å². The van der Waals surface area contributed by atoms with Crippen molar-refractivity contribution in [3.63, 3.8) is 0 Å². The summed E-state index contributed by atoms with van der Waals surface area (Å²) in [6.07, 6.45) is 0.101. The summed E-state index contributed by atoms with van der Waals surface area (Å²) in [5.74, 6) is -0.222. The van der Waals surface area contributed by atoms with Crippen molar-refractivity contribution in [3.8, 4) is 5.75 Å². The summed E-state index contributed by atoms with van der Waals surface area (Å²) >= 11 is 6.08. The number of aryl methyl sites for hydroxylation is 1. The molecular formula is C19H21ClN2O3. The summed E-state index contributed by atoms with van der Waals surface area (Å²) in [5.41, 5.74) is 7.16. The van der Waals surface area contributed by atoms with Crippen molar-refractivity contribution in [3.05, 3.63) is 64.7 Å². The Morgan fingerprint density at radius 3 is 2.56 bits per heavy atom. The van der Waals surface area contributed by atoms with Crippen molar-refractivity contribution in [2.75, 3.05) is 13.2 Å². The van der Waals surface area contributed by atoms with Crippen LogP contribution in [0, 0.1) is 6.92 Å². The third-order valence-corrected chi connectivity index (χ3v) is 3.95. The van der Waals surface area contributed by atoms with Gasteiger partial charge in [0, 0.05) is 19.5 Å². The molecule has 0 spiro atoms. The van der Waals surface area contributed by atoms with Crippen molar-refractivity contribution in [1.29, 1.82) is 0 Å². The lowest BCUT2D eigenvalue weighted by Crippen LogP contribution is -2.36. The van der Waals surface area contributed by atoms with Gasteiger partial charge in [0.1, 0.15) is 5.75 Å². The quantitative estimate of drug-likeness (QED) is 0.786. The van der Waals surface area contributed by atoms with Crippen LogP contribution in [0.1, 0.15) is 17.5 Å². The number of carbonyl (C=O) groups is 2. The first-order valence-corrected chi connectivity index (χ1v) is 8.32. The molecule has 2 aromatic rings. The molecule has 0 aliphatic carbocycles. The standard InChI is InChI=1S/C19H21ClN2O3/c1-14-7-8-16(20)17(11-14)25-13-19(24)22(10-9-18(21)23)12-15-5-3-2-4-6-15/h2-8,11H,9-10,12-13H2,1H3,(H2,21,23). The number of hydrogen-bond donors (Lipinski definition) is 1. The normalized spacial score (nSPS) is 10.3. The number of carbonyl (C=O) groups excluding carboxylic acids is 2. The summed E-state index contributed by atoms with van der Waals surface area (Å²) in [6.45, 7) is 2.39. The Kier molecular flexibility index (Phi) is 6.83. The molecule has 2 N–H and O–H groups in total. The third-order valence-electron chi connectivity index (χ3n) is 3.63. The van der Waals surface area contributed by atoms with Crippen molar-refractivity contribution in [2.24, 2.45) is 5.73 Å². The third kappa shape index (κ3) is 6.12. The van der Waals surface area contributed by atoms with Crippen LogP contribution in [-0.2, 0) is 16.1 Å². The maximum absolute atomic E-state index is 12.5. The monoisotopic (exact) mass is 360 g/mol. The summed E-state index contributed by atoms with van der Waals surface area (Å²) in [6, 6.07) is 14.9. The van der Waals surface area contributed by atoms with Gasteiger partial charge in [0.2, 0.25) is 5.91 Å². The first kappa shape index (κ1) is 18.8. The predicted molar refractivity (Wildman–Crippen MR) is 97.4 cm³/mol. The molecule has 0 unspecified atom stereocenters. The van der Waals surface area contributed by atoms with E-state index in [0.29, 0.717) is 17.3 Å². The molecule has 0 atom stereocenters. The fourth-order valence-corrected chi connectivity index (χ4v) is 2.46. The minimum atomic E-state index is -0.450. The Hall–Kier alpha value is -2.53. The van der Waals surface area contributed by atoms with Crippen LogP contribution < -0.4 is 10.5 Å². The molecule has 0 saturated heterocycles. The van der Waals surface area contributed by atoms with Crippen molar-refractivity contribution in [1.82, 2.24) is 4.90 Å². The van der Waals surface area contributed by atoms with Crippen LogP contribution in [0.4, 0.5) is 0 Å². The maximum Gasteiger partial charge on any atom is 0.260 e. The zero-order valence-electron chi connectivity index (χ0n) is 14.1. The lowest BCUT2D eigenvalue weighted by molar-refractivity contribution is -0.134. The van der Waals surface area contributed by atoms with Crippen LogP contribution >= 0.6 is 11.6 Å². The van der Waals surface area contributed by atoms with E-state index in [1.165, 1.54) is 0 Å². The van der Waals surface area contributed by atoms with Crippen LogP contribution in [0.25, 0.3) is 0 Å². The highest BCUT2D eigenvalue weighted by molar-refractivity contribution is 6.32. The average Bonchev–Trinajstić information content (AvgIpc) is 2.59. The van der Waals surface area contributed by atoms with Gasteiger partial charge in [0.05, 0.1) is 5.02 Å². The van der Waals surface area contributed by atoms with E-state index in [2.05, 4.69) is 0 Å². The topological polar surface area (TPSA) is 72.6 Å². The Morgan fingerprint density at radius 1 is 1.16 bits per heavy atom. The lowest BCUT2D eigenvalue weighted by atomic mass is 10.2. The smallest absolute Gasteiger partial charge is 0.260 e. The summed E-state index contributed by atoms with van der Waals surface area (Å²) in [7, 11) is 0. The number of hydrogen-bond acceptors (Lipinski definition) is 3. The Labute approximate surface area is 152 Å². The van der Waals surface area contributed by atoms with E-state index in [1.54, 1.807) is 17.0 Å². The lowest BCUT2D eigenvalue weighted by Gasteiger charge is -2.22. The Balaban J connectivity index is 2.03. The second-order valence-corrected chi connectivity index (χ2v) is 6.15. The number of ether oxygens (including phenoxy) is 1. The first-order valence-electron chi connectivity index (χ1n) is 7.94. The van der Waals surface area contributed by atoms with Gasteiger partial charge in [0.15, 0.2) is 6.61 Å². The Bertz CT molecular complexity index is 735. The van der Waals surface area contributed by atoms with E-state index in [4.69, 9.17) is 22.1 Å². The van der Waals surface area contributed by atoms with E-state index < -0.39 is 5.91 Å². The minimum Gasteiger partial charge on any atom is -0.482 e. The van der Waals surface area contributed by atoms with Gasteiger partial charge in [-0.15, -0.1) is 0 Å². The predicted octanol–water partition coefficient (Wildman–Crippen LogP) is 2.93. The highest BCUT2D eigenvalue weighted by Crippen LogP contribution is 2.25. The van der Waals surface area contributed by atoms with Crippen LogP contribution in [0.2, 0.25) is 5.02 Å². The van der Waals surface area contributed by atoms with Gasteiger partial charge in [-0.2, -0.15) is 0 Å². The van der Waals surface area contributed by atoms with Crippen molar-refractivity contribution < 1.29 is 14.3 Å². The van der Waals surface area contributed by atoms with Gasteiger partial charge in [-0.05, 0) is 30.2 Å². The molecule has 6 heteroatoms. The van der Waals surface area contributed by atoms with Gasteiger partial charge >= 0.3 is 0 Å². The zero-order valence-corrected chi connectivity index (χ0v) is 14.8. The Morgan fingerprint density at radius 2 is 1.88 bits per heavy atom. The molecule has 132 valence electrons. The molecule has 0 fully saturated rings. The van der Waals surface area contributed by atoms with E-state index in [-0.39, 0.29) is 25.5 Å². The number of halogens is 1. The van der Waals surface area contributed by atoms with E-state index >= 15 is 0 Å². The summed E-state index contributed by atoms with van der Waals surface area (Å²) < 4.78 is 5.57. The van der Waals surface area contributed by atoms with Gasteiger partial charge < -0.3 is 15.4 Å². The van der Waals surface area contributed by atoms with E-state index in [0.717, 1.165) is 11.1 Å². The molecule has 5 nitrogen and oxygen atoms in total. The highest BCUT2D eigenvalue weighted by atomic mass is 35.5. The molecule has 0 aliphatic heterocycles. The van der Waals surface area contributed by atoms with Gasteiger partial charge in [-0.3, -0.25) is 9.59 Å². The molecule has 0 radical (unpaired) electrons. The van der Waals surface area contributed by atoms with Crippen LogP contribution in [-0.4, -0.2) is 29.9 Å². The molecule has 0 saturated carbocycles. The molecule has 25 heavy (non-hydrogen) atoms. The second-order valence-electron chi connectivity index (χ2n) is 5.74. The van der Waals surface area contributed by atoms with Crippen molar-refractivity contribution in [2.45, 2.75) is 19.9 Å². The van der Waals surface area contributed by atoms with Crippen LogP contribution in [0.5, 0.6) is 5.75 Å². The molecule has 2 aromatic carbocycles. The zero-order chi connectivity index (χ0) is 18.2. The molecule has 0 bridgehead atoms. The minimum absolute atomic E-state index is 0.101. The molecule has 2 amide bonds. The number of amides is 2. The highest BCUT2D eigenvalue weighted by Gasteiger charge is 2.16. The molecule has 0 aliphatic rings. The molecule has 2 rings (SSSR count). The molecule has 0 heterocycles. The maximum atomic E-state index is 12.5. The molecular weight excluding hydrogens is 340 g/mol.